The van der Waals surface area contributed by atoms with Gasteiger partial charge < -0.3 is 4.74 Å². The minimum Gasteiger partial charge on any atom is -0.497 e. The molecule has 112 valence electrons. The fraction of sp³-hybridized carbons (Fsp3) is 0.500. The van der Waals surface area contributed by atoms with Gasteiger partial charge in [0.15, 0.2) is 0 Å². The molecule has 1 aliphatic heterocycles. The number of hydrogen-bond acceptors (Lipinski definition) is 3. The SMILES string of the molecule is C=C(C)CC1(C#N)CCN(Cc2ccc(OC)cc2)CC1. The third-order valence-electron chi connectivity index (χ3n) is 4.26. The molecule has 1 fully saturated rings. The van der Waals surface area contributed by atoms with E-state index >= 15 is 0 Å². The molecule has 1 saturated heterocycles. The molecular formula is C18H24N2O. The monoisotopic (exact) mass is 284 g/mol. The Morgan fingerprint density at radius 2 is 1.95 bits per heavy atom. The summed E-state index contributed by atoms with van der Waals surface area (Å²) in [5.41, 5.74) is 2.21. The normalized spacial score (nSPS) is 18.0. The zero-order valence-corrected chi connectivity index (χ0v) is 13.1. The number of piperidine rings is 1. The van der Waals surface area contributed by atoms with Crippen molar-refractivity contribution in [1.82, 2.24) is 4.90 Å². The predicted molar refractivity (Wildman–Crippen MR) is 85.0 cm³/mol. The summed E-state index contributed by atoms with van der Waals surface area (Å²) in [6.07, 6.45) is 2.71. The van der Waals surface area contributed by atoms with Gasteiger partial charge in [-0.1, -0.05) is 17.7 Å². The lowest BCUT2D eigenvalue weighted by Gasteiger charge is -2.37. The third kappa shape index (κ3) is 4.09. The lowest BCUT2D eigenvalue weighted by Crippen LogP contribution is -2.39. The molecule has 0 unspecified atom stereocenters. The van der Waals surface area contributed by atoms with Crippen LogP contribution >= 0.6 is 0 Å². The van der Waals surface area contributed by atoms with Crippen molar-refractivity contribution in [1.29, 1.82) is 5.26 Å². The highest BCUT2D eigenvalue weighted by Gasteiger charge is 2.34. The molecule has 0 radical (unpaired) electrons. The lowest BCUT2D eigenvalue weighted by molar-refractivity contribution is 0.138. The molecule has 3 nitrogen and oxygen atoms in total. The van der Waals surface area contributed by atoms with Gasteiger partial charge in [0.05, 0.1) is 18.6 Å². The van der Waals surface area contributed by atoms with Crippen LogP contribution in [0.1, 0.15) is 31.7 Å². The summed E-state index contributed by atoms with van der Waals surface area (Å²) in [4.78, 5) is 2.43. The van der Waals surface area contributed by atoms with E-state index in [4.69, 9.17) is 4.74 Å². The summed E-state index contributed by atoms with van der Waals surface area (Å²) < 4.78 is 5.18. The van der Waals surface area contributed by atoms with Gasteiger partial charge in [-0.2, -0.15) is 5.26 Å². The second kappa shape index (κ2) is 6.78. The first-order valence-corrected chi connectivity index (χ1v) is 7.48. The molecule has 0 saturated carbocycles. The number of ether oxygens (including phenoxy) is 1. The topological polar surface area (TPSA) is 36.3 Å². The molecule has 3 heteroatoms. The number of rotatable bonds is 5. The van der Waals surface area contributed by atoms with Gasteiger partial charge in [0.25, 0.3) is 0 Å². The fourth-order valence-electron chi connectivity index (χ4n) is 3.03. The van der Waals surface area contributed by atoms with Crippen LogP contribution in [0.15, 0.2) is 36.4 Å². The van der Waals surface area contributed by atoms with E-state index < -0.39 is 0 Å². The van der Waals surface area contributed by atoms with Gasteiger partial charge in [0.1, 0.15) is 5.75 Å². The molecule has 2 rings (SSSR count). The highest BCUT2D eigenvalue weighted by molar-refractivity contribution is 5.27. The minimum absolute atomic E-state index is 0.192. The van der Waals surface area contributed by atoms with Gasteiger partial charge >= 0.3 is 0 Å². The second-order valence-corrected chi connectivity index (χ2v) is 6.15. The van der Waals surface area contributed by atoms with Crippen molar-refractivity contribution in [2.24, 2.45) is 5.41 Å². The molecule has 21 heavy (non-hydrogen) atoms. The molecule has 0 bridgehead atoms. The standard InChI is InChI=1S/C18H24N2O/c1-15(2)12-18(14-19)8-10-20(11-9-18)13-16-4-6-17(21-3)7-5-16/h4-7H,1,8-13H2,2-3H3. The Morgan fingerprint density at radius 1 is 1.33 bits per heavy atom. The molecule has 0 spiro atoms. The maximum absolute atomic E-state index is 9.50. The molecule has 0 N–H and O–H groups in total. The maximum atomic E-state index is 9.50. The quantitative estimate of drug-likeness (QED) is 0.772. The number of likely N-dealkylation sites (tertiary alicyclic amines) is 1. The molecule has 0 aliphatic carbocycles. The average molecular weight is 284 g/mol. The number of allylic oxidation sites excluding steroid dienone is 1. The summed E-state index contributed by atoms with van der Waals surface area (Å²) in [6.45, 7) is 8.89. The zero-order chi connectivity index (χ0) is 15.3. The van der Waals surface area contributed by atoms with Crippen LogP contribution in [0, 0.1) is 16.7 Å². The lowest BCUT2D eigenvalue weighted by atomic mass is 9.75. The largest absolute Gasteiger partial charge is 0.497 e. The Labute approximate surface area is 127 Å². The minimum atomic E-state index is -0.192. The van der Waals surface area contributed by atoms with Gasteiger partial charge in [0.2, 0.25) is 0 Å². The average Bonchev–Trinajstić information content (AvgIpc) is 2.50. The van der Waals surface area contributed by atoms with Crippen molar-refractivity contribution in [2.75, 3.05) is 20.2 Å². The van der Waals surface area contributed by atoms with E-state index in [0.29, 0.717) is 0 Å². The van der Waals surface area contributed by atoms with Crippen molar-refractivity contribution in [2.45, 2.75) is 32.7 Å². The molecule has 0 atom stereocenters. The number of nitrogens with zero attached hydrogens (tertiary/aromatic N) is 2. The zero-order valence-electron chi connectivity index (χ0n) is 13.1. The van der Waals surface area contributed by atoms with Crippen LogP contribution in [0.3, 0.4) is 0 Å². The van der Waals surface area contributed by atoms with E-state index in [1.807, 2.05) is 19.1 Å². The summed E-state index contributed by atoms with van der Waals surface area (Å²) in [6, 6.07) is 10.8. The van der Waals surface area contributed by atoms with Crippen LogP contribution in [-0.4, -0.2) is 25.1 Å². The van der Waals surface area contributed by atoms with Crippen LogP contribution in [0.4, 0.5) is 0 Å². The second-order valence-electron chi connectivity index (χ2n) is 6.15. The Kier molecular flexibility index (Phi) is 5.03. The van der Waals surface area contributed by atoms with Crippen LogP contribution in [-0.2, 0) is 6.54 Å². The van der Waals surface area contributed by atoms with E-state index in [9.17, 15) is 5.26 Å². The van der Waals surface area contributed by atoms with Crippen molar-refractivity contribution >= 4 is 0 Å². The van der Waals surface area contributed by atoms with Crippen molar-refractivity contribution in [3.63, 3.8) is 0 Å². The summed E-state index contributed by atoms with van der Waals surface area (Å²) in [5, 5.41) is 9.50. The molecule has 0 amide bonds. The summed E-state index contributed by atoms with van der Waals surface area (Å²) in [7, 11) is 1.68. The van der Waals surface area contributed by atoms with E-state index in [1.165, 1.54) is 5.56 Å². The molecule has 1 aromatic carbocycles. The summed E-state index contributed by atoms with van der Waals surface area (Å²) in [5.74, 6) is 0.891. The first-order valence-electron chi connectivity index (χ1n) is 7.48. The van der Waals surface area contributed by atoms with Gasteiger partial charge in [-0.3, -0.25) is 4.90 Å². The Morgan fingerprint density at radius 3 is 2.43 bits per heavy atom. The van der Waals surface area contributed by atoms with Gasteiger partial charge in [-0.25, -0.2) is 0 Å². The number of benzene rings is 1. The number of hydrogen-bond donors (Lipinski definition) is 0. The van der Waals surface area contributed by atoms with Crippen LogP contribution < -0.4 is 4.74 Å². The molecule has 0 aromatic heterocycles. The van der Waals surface area contributed by atoms with Gasteiger partial charge in [0, 0.05) is 19.6 Å². The predicted octanol–water partition coefficient (Wildman–Crippen LogP) is 3.77. The number of nitriles is 1. The Bertz CT molecular complexity index is 519. The van der Waals surface area contributed by atoms with Crippen LogP contribution in [0.2, 0.25) is 0 Å². The Hall–Kier alpha value is -1.79. The Balaban J connectivity index is 1.91. The van der Waals surface area contributed by atoms with Gasteiger partial charge in [-0.05, 0) is 43.9 Å². The smallest absolute Gasteiger partial charge is 0.118 e. The van der Waals surface area contributed by atoms with Gasteiger partial charge in [-0.15, -0.1) is 6.58 Å². The molecule has 1 heterocycles. The highest BCUT2D eigenvalue weighted by atomic mass is 16.5. The number of methoxy groups -OCH3 is 1. The summed E-state index contributed by atoms with van der Waals surface area (Å²) >= 11 is 0. The van der Waals surface area contributed by atoms with E-state index in [1.54, 1.807) is 7.11 Å². The van der Waals surface area contributed by atoms with E-state index in [-0.39, 0.29) is 5.41 Å². The van der Waals surface area contributed by atoms with E-state index in [2.05, 4.69) is 29.7 Å². The molecular weight excluding hydrogens is 260 g/mol. The molecule has 1 aliphatic rings. The fourth-order valence-corrected chi connectivity index (χ4v) is 3.03. The van der Waals surface area contributed by atoms with Crippen molar-refractivity contribution in [3.05, 3.63) is 42.0 Å². The first-order chi connectivity index (χ1) is 10.1. The van der Waals surface area contributed by atoms with Crippen LogP contribution in [0.5, 0.6) is 5.75 Å². The highest BCUT2D eigenvalue weighted by Crippen LogP contribution is 2.36. The molecule has 1 aromatic rings. The van der Waals surface area contributed by atoms with E-state index in [0.717, 1.165) is 50.2 Å². The maximum Gasteiger partial charge on any atom is 0.118 e. The first kappa shape index (κ1) is 15.6. The van der Waals surface area contributed by atoms with Crippen molar-refractivity contribution < 1.29 is 4.74 Å². The van der Waals surface area contributed by atoms with Crippen molar-refractivity contribution in [3.8, 4) is 11.8 Å². The third-order valence-corrected chi connectivity index (χ3v) is 4.26. The van der Waals surface area contributed by atoms with Crippen LogP contribution in [0.25, 0.3) is 0 Å².